The maximum absolute atomic E-state index is 11.8. The van der Waals surface area contributed by atoms with Crippen molar-refractivity contribution in [1.82, 2.24) is 10.3 Å². The molecule has 0 aliphatic carbocycles. The highest BCUT2D eigenvalue weighted by Crippen LogP contribution is 1.99. The van der Waals surface area contributed by atoms with Crippen molar-refractivity contribution in [1.29, 1.82) is 0 Å². The zero-order valence-corrected chi connectivity index (χ0v) is 7.91. The third-order valence-corrected chi connectivity index (χ3v) is 1.71. The van der Waals surface area contributed by atoms with E-state index in [1.165, 1.54) is 12.3 Å². The van der Waals surface area contributed by atoms with E-state index in [1.807, 2.05) is 0 Å². The molecule has 15 heavy (non-hydrogen) atoms. The van der Waals surface area contributed by atoms with Gasteiger partial charge in [-0.05, 0) is 11.6 Å². The maximum atomic E-state index is 11.8. The average molecular weight is 215 g/mol. The zero-order valence-electron chi connectivity index (χ0n) is 7.91. The van der Waals surface area contributed by atoms with Crippen LogP contribution in [-0.4, -0.2) is 23.9 Å². The van der Waals surface area contributed by atoms with Crippen LogP contribution in [0.1, 0.15) is 16.1 Å². The van der Waals surface area contributed by atoms with E-state index in [-0.39, 0.29) is 5.69 Å². The van der Waals surface area contributed by atoms with Crippen LogP contribution in [0.25, 0.3) is 0 Å². The van der Waals surface area contributed by atoms with Crippen molar-refractivity contribution in [3.05, 3.63) is 29.6 Å². The molecule has 0 radical (unpaired) electrons. The van der Waals surface area contributed by atoms with Crippen molar-refractivity contribution in [2.24, 2.45) is 5.73 Å². The number of amides is 1. The number of pyridine rings is 1. The van der Waals surface area contributed by atoms with Gasteiger partial charge in [0, 0.05) is 12.7 Å². The van der Waals surface area contributed by atoms with Crippen LogP contribution in [0.4, 0.5) is 8.78 Å². The number of hydrogen-bond donors (Lipinski definition) is 2. The van der Waals surface area contributed by atoms with E-state index in [0.29, 0.717) is 6.54 Å². The lowest BCUT2D eigenvalue weighted by molar-refractivity contribution is 0.0887. The quantitative estimate of drug-likeness (QED) is 0.770. The molecule has 0 atom stereocenters. The van der Waals surface area contributed by atoms with E-state index in [2.05, 4.69) is 10.3 Å². The van der Waals surface area contributed by atoms with Gasteiger partial charge in [0.1, 0.15) is 5.69 Å². The Balaban J connectivity index is 2.58. The van der Waals surface area contributed by atoms with Crippen LogP contribution in [0.15, 0.2) is 18.3 Å². The molecule has 1 rings (SSSR count). The standard InChI is InChI=1S/C9H11F2N3O/c10-8(11)5-14-9(15)7-2-1-6(3-12)4-13-7/h1-2,4,8H,3,5,12H2,(H,14,15). The van der Waals surface area contributed by atoms with E-state index in [0.717, 1.165) is 5.56 Å². The van der Waals surface area contributed by atoms with Crippen LogP contribution in [0.5, 0.6) is 0 Å². The number of carbonyl (C=O) groups excluding carboxylic acids is 1. The van der Waals surface area contributed by atoms with Crippen LogP contribution < -0.4 is 11.1 Å². The minimum Gasteiger partial charge on any atom is -0.345 e. The summed E-state index contributed by atoms with van der Waals surface area (Å²) in [6, 6.07) is 3.08. The molecule has 0 unspecified atom stereocenters. The largest absolute Gasteiger partial charge is 0.345 e. The van der Waals surface area contributed by atoms with Crippen LogP contribution in [0.2, 0.25) is 0 Å². The number of nitrogens with two attached hydrogens (primary N) is 1. The summed E-state index contributed by atoms with van der Waals surface area (Å²) < 4.78 is 23.6. The Morgan fingerprint density at radius 2 is 2.27 bits per heavy atom. The highest BCUT2D eigenvalue weighted by atomic mass is 19.3. The Bertz CT molecular complexity index is 327. The normalized spacial score (nSPS) is 10.4. The number of rotatable bonds is 4. The van der Waals surface area contributed by atoms with Crippen molar-refractivity contribution < 1.29 is 13.6 Å². The second-order valence-corrected chi connectivity index (χ2v) is 2.86. The van der Waals surface area contributed by atoms with Gasteiger partial charge in [0.15, 0.2) is 0 Å². The maximum Gasteiger partial charge on any atom is 0.270 e. The fraction of sp³-hybridized carbons (Fsp3) is 0.333. The molecule has 0 spiro atoms. The summed E-state index contributed by atoms with van der Waals surface area (Å²) in [5.41, 5.74) is 6.22. The summed E-state index contributed by atoms with van der Waals surface area (Å²) in [7, 11) is 0. The Hall–Kier alpha value is -1.56. The van der Waals surface area contributed by atoms with Crippen LogP contribution >= 0.6 is 0 Å². The molecule has 3 N–H and O–H groups in total. The van der Waals surface area contributed by atoms with Crippen molar-refractivity contribution >= 4 is 5.91 Å². The summed E-state index contributed by atoms with van der Waals surface area (Å²) in [5.74, 6) is -0.612. The second kappa shape index (κ2) is 5.35. The number of hydrogen-bond acceptors (Lipinski definition) is 3. The molecular weight excluding hydrogens is 204 g/mol. The van der Waals surface area contributed by atoms with Gasteiger partial charge in [-0.2, -0.15) is 0 Å². The first kappa shape index (κ1) is 11.5. The molecule has 1 amide bonds. The summed E-state index contributed by atoms with van der Waals surface area (Å²) in [6.07, 6.45) is -1.12. The fourth-order valence-electron chi connectivity index (χ4n) is 0.940. The smallest absolute Gasteiger partial charge is 0.270 e. The number of nitrogens with one attached hydrogen (secondary N) is 1. The second-order valence-electron chi connectivity index (χ2n) is 2.86. The van der Waals surface area contributed by atoms with Gasteiger partial charge in [-0.15, -0.1) is 0 Å². The third kappa shape index (κ3) is 3.59. The van der Waals surface area contributed by atoms with E-state index in [1.54, 1.807) is 6.07 Å². The Morgan fingerprint density at radius 3 is 2.73 bits per heavy atom. The Kier molecular flexibility index (Phi) is 4.11. The molecule has 0 bridgehead atoms. The van der Waals surface area contributed by atoms with Gasteiger partial charge in [-0.25, -0.2) is 8.78 Å². The molecule has 82 valence electrons. The zero-order chi connectivity index (χ0) is 11.3. The summed E-state index contributed by atoms with van der Waals surface area (Å²) in [6.45, 7) is -0.342. The molecule has 0 saturated heterocycles. The number of alkyl halides is 2. The van der Waals surface area contributed by atoms with Crippen LogP contribution in [0.3, 0.4) is 0 Å². The van der Waals surface area contributed by atoms with E-state index in [4.69, 9.17) is 5.73 Å². The van der Waals surface area contributed by atoms with E-state index < -0.39 is 18.9 Å². The molecular formula is C9H11F2N3O. The van der Waals surface area contributed by atoms with Gasteiger partial charge in [0.2, 0.25) is 0 Å². The first-order valence-corrected chi connectivity index (χ1v) is 4.35. The van der Waals surface area contributed by atoms with Crippen molar-refractivity contribution in [2.75, 3.05) is 6.54 Å². The SMILES string of the molecule is NCc1ccc(C(=O)NCC(F)F)nc1. The van der Waals surface area contributed by atoms with Crippen molar-refractivity contribution in [3.8, 4) is 0 Å². The molecule has 1 aromatic heterocycles. The molecule has 6 heteroatoms. The number of nitrogens with zero attached hydrogens (tertiary/aromatic N) is 1. The molecule has 0 aliphatic heterocycles. The minimum absolute atomic E-state index is 0.104. The van der Waals surface area contributed by atoms with Crippen LogP contribution in [0, 0.1) is 0 Å². The van der Waals surface area contributed by atoms with Gasteiger partial charge >= 0.3 is 0 Å². The minimum atomic E-state index is -2.56. The number of carbonyl (C=O) groups is 1. The lowest BCUT2D eigenvalue weighted by Crippen LogP contribution is -2.29. The van der Waals surface area contributed by atoms with E-state index in [9.17, 15) is 13.6 Å². The first-order chi connectivity index (χ1) is 7.13. The monoisotopic (exact) mass is 215 g/mol. The number of halogens is 2. The molecule has 0 fully saturated rings. The van der Waals surface area contributed by atoms with Gasteiger partial charge in [0.25, 0.3) is 12.3 Å². The van der Waals surface area contributed by atoms with Crippen molar-refractivity contribution in [2.45, 2.75) is 13.0 Å². The Labute approximate surface area is 85.5 Å². The van der Waals surface area contributed by atoms with Crippen LogP contribution in [-0.2, 0) is 6.54 Å². The molecule has 1 aromatic rings. The van der Waals surface area contributed by atoms with Gasteiger partial charge < -0.3 is 11.1 Å². The van der Waals surface area contributed by atoms with E-state index >= 15 is 0 Å². The molecule has 0 saturated carbocycles. The first-order valence-electron chi connectivity index (χ1n) is 4.35. The molecule has 0 aromatic carbocycles. The van der Waals surface area contributed by atoms with Crippen molar-refractivity contribution in [3.63, 3.8) is 0 Å². The molecule has 4 nitrogen and oxygen atoms in total. The lowest BCUT2D eigenvalue weighted by Gasteiger charge is -2.03. The van der Waals surface area contributed by atoms with Gasteiger partial charge in [-0.3, -0.25) is 9.78 Å². The lowest BCUT2D eigenvalue weighted by atomic mass is 10.2. The summed E-state index contributed by atoms with van der Waals surface area (Å²) >= 11 is 0. The highest BCUT2D eigenvalue weighted by molar-refractivity contribution is 5.92. The topological polar surface area (TPSA) is 68.0 Å². The summed E-state index contributed by atoms with van der Waals surface area (Å²) in [4.78, 5) is 15.0. The van der Waals surface area contributed by atoms with Gasteiger partial charge in [-0.1, -0.05) is 6.07 Å². The van der Waals surface area contributed by atoms with Gasteiger partial charge in [0.05, 0.1) is 6.54 Å². The Morgan fingerprint density at radius 1 is 1.53 bits per heavy atom. The molecule has 0 aliphatic rings. The summed E-state index contributed by atoms with van der Waals surface area (Å²) in [5, 5.41) is 2.05. The molecule has 1 heterocycles. The average Bonchev–Trinajstić information content (AvgIpc) is 2.26. The predicted octanol–water partition coefficient (Wildman–Crippen LogP) is 0.535. The third-order valence-electron chi connectivity index (χ3n) is 1.71. The number of aromatic nitrogens is 1. The predicted molar refractivity (Wildman–Crippen MR) is 50.5 cm³/mol. The fourth-order valence-corrected chi connectivity index (χ4v) is 0.940. The highest BCUT2D eigenvalue weighted by Gasteiger charge is 2.09.